The Kier molecular flexibility index (Phi) is 3.16. The molecule has 3 aromatic carbocycles. The predicted octanol–water partition coefficient (Wildman–Crippen LogP) is 4.04. The minimum Gasteiger partial charge on any atom is -0.422 e. The monoisotopic (exact) mass is 398 g/mol. The van der Waals surface area contributed by atoms with Crippen LogP contribution in [-0.4, -0.2) is 16.7 Å². The fourth-order valence-corrected chi connectivity index (χ4v) is 5.65. The standard InChI is InChI=1S/C27H19BN2O/c1-27(2)18-11-5-6-12-19(18)28-20-15-16-9-3-7-13-21(16)29-25(20)31-26-24(28)23(27)17-10-4-8-14-22(17)30-26/h3-15H,1-2H3. The zero-order valence-corrected chi connectivity index (χ0v) is 17.4. The summed E-state index contributed by atoms with van der Waals surface area (Å²) in [6, 6.07) is 27.7. The van der Waals surface area contributed by atoms with E-state index in [4.69, 9.17) is 14.7 Å². The van der Waals surface area contributed by atoms with Crippen molar-refractivity contribution in [2.45, 2.75) is 19.3 Å². The molecule has 4 heteroatoms. The molecule has 2 aromatic heterocycles. The van der Waals surface area contributed by atoms with E-state index in [1.807, 2.05) is 18.2 Å². The minimum atomic E-state index is -0.162. The van der Waals surface area contributed by atoms with Gasteiger partial charge in [-0.1, -0.05) is 86.0 Å². The van der Waals surface area contributed by atoms with Gasteiger partial charge in [-0.3, -0.25) is 0 Å². The van der Waals surface area contributed by atoms with Crippen molar-refractivity contribution in [3.8, 4) is 11.8 Å². The second-order valence-corrected chi connectivity index (χ2v) is 9.05. The molecule has 4 heterocycles. The lowest BCUT2D eigenvalue weighted by atomic mass is 9.31. The number of fused-ring (bicyclic) bond motifs is 7. The lowest BCUT2D eigenvalue weighted by Gasteiger charge is -2.41. The van der Waals surface area contributed by atoms with Crippen molar-refractivity contribution in [2.24, 2.45) is 0 Å². The smallest absolute Gasteiger partial charge is 0.256 e. The summed E-state index contributed by atoms with van der Waals surface area (Å²) in [5, 5.41) is 2.33. The third-order valence-corrected chi connectivity index (χ3v) is 6.98. The van der Waals surface area contributed by atoms with Crippen LogP contribution in [0.4, 0.5) is 0 Å². The molecular formula is C27H19BN2O. The molecule has 0 unspecified atom stereocenters. The van der Waals surface area contributed by atoms with Crippen LogP contribution in [0.2, 0.25) is 0 Å². The van der Waals surface area contributed by atoms with Crippen molar-refractivity contribution in [1.82, 2.24) is 9.97 Å². The number of hydrogen-bond acceptors (Lipinski definition) is 3. The van der Waals surface area contributed by atoms with Crippen LogP contribution in [0.25, 0.3) is 21.8 Å². The maximum Gasteiger partial charge on any atom is 0.256 e. The molecule has 7 rings (SSSR count). The number of rotatable bonds is 0. The van der Waals surface area contributed by atoms with Gasteiger partial charge in [-0.15, -0.1) is 0 Å². The van der Waals surface area contributed by atoms with Gasteiger partial charge in [-0.25, -0.2) is 9.97 Å². The molecule has 0 N–H and O–H groups in total. The van der Waals surface area contributed by atoms with Gasteiger partial charge in [-0.2, -0.15) is 0 Å². The van der Waals surface area contributed by atoms with Crippen molar-refractivity contribution in [2.75, 3.05) is 0 Å². The molecule has 0 spiro atoms. The van der Waals surface area contributed by atoms with Gasteiger partial charge in [-0.05, 0) is 39.6 Å². The fourth-order valence-electron chi connectivity index (χ4n) is 5.65. The molecule has 0 radical (unpaired) electrons. The molecule has 31 heavy (non-hydrogen) atoms. The maximum absolute atomic E-state index is 6.43. The quantitative estimate of drug-likeness (QED) is 0.362. The fraction of sp³-hybridized carbons (Fsp3) is 0.111. The second kappa shape index (κ2) is 5.73. The Labute approximate surface area is 180 Å². The van der Waals surface area contributed by atoms with Gasteiger partial charge in [0.2, 0.25) is 11.8 Å². The molecule has 2 aliphatic rings. The second-order valence-electron chi connectivity index (χ2n) is 9.05. The third-order valence-electron chi connectivity index (χ3n) is 6.98. The average molecular weight is 398 g/mol. The highest BCUT2D eigenvalue weighted by atomic mass is 16.5. The summed E-state index contributed by atoms with van der Waals surface area (Å²) >= 11 is 0. The highest BCUT2D eigenvalue weighted by Gasteiger charge is 2.46. The van der Waals surface area contributed by atoms with Crippen molar-refractivity contribution in [3.05, 3.63) is 90.0 Å². The van der Waals surface area contributed by atoms with E-state index in [0.29, 0.717) is 11.8 Å². The van der Waals surface area contributed by atoms with E-state index in [1.165, 1.54) is 27.4 Å². The van der Waals surface area contributed by atoms with Crippen LogP contribution in [0.3, 0.4) is 0 Å². The first-order valence-corrected chi connectivity index (χ1v) is 10.7. The van der Waals surface area contributed by atoms with Gasteiger partial charge in [0, 0.05) is 10.8 Å². The number of ether oxygens (including phenoxy) is 1. The molecule has 0 saturated heterocycles. The normalized spacial score (nSPS) is 15.2. The zero-order valence-electron chi connectivity index (χ0n) is 17.4. The highest BCUT2D eigenvalue weighted by Crippen LogP contribution is 2.40. The molecule has 2 aliphatic heterocycles. The number of benzene rings is 3. The Bertz CT molecular complexity index is 1560. The van der Waals surface area contributed by atoms with Gasteiger partial charge in [0.05, 0.1) is 11.0 Å². The number of nitrogens with zero attached hydrogens (tertiary/aromatic N) is 2. The highest BCUT2D eigenvalue weighted by molar-refractivity contribution is 6.98. The Morgan fingerprint density at radius 3 is 2.35 bits per heavy atom. The summed E-state index contributed by atoms with van der Waals surface area (Å²) in [5.74, 6) is 1.36. The first kappa shape index (κ1) is 17.1. The Balaban J connectivity index is 1.66. The number of pyridine rings is 2. The SMILES string of the molecule is CC1(C)c2ccccc2B2c3cc4ccccc4nc3Oc3nc4ccccc4c1c32. The molecular weight excluding hydrogens is 379 g/mol. The Morgan fingerprint density at radius 2 is 1.45 bits per heavy atom. The Morgan fingerprint density at radius 1 is 0.742 bits per heavy atom. The van der Waals surface area contributed by atoms with E-state index in [-0.39, 0.29) is 12.1 Å². The van der Waals surface area contributed by atoms with E-state index in [9.17, 15) is 0 Å². The van der Waals surface area contributed by atoms with Crippen molar-refractivity contribution in [3.63, 3.8) is 0 Å². The molecule has 5 aromatic rings. The minimum absolute atomic E-state index is 0.0622. The molecule has 0 saturated carbocycles. The van der Waals surface area contributed by atoms with E-state index < -0.39 is 0 Å². The molecule has 146 valence electrons. The van der Waals surface area contributed by atoms with Crippen LogP contribution in [0.15, 0.2) is 78.9 Å². The van der Waals surface area contributed by atoms with Crippen molar-refractivity contribution >= 4 is 44.9 Å². The largest absolute Gasteiger partial charge is 0.422 e. The van der Waals surface area contributed by atoms with Gasteiger partial charge in [0.25, 0.3) is 6.71 Å². The lowest BCUT2D eigenvalue weighted by Crippen LogP contribution is -2.62. The summed E-state index contributed by atoms with van der Waals surface area (Å²) in [4.78, 5) is 9.86. The van der Waals surface area contributed by atoms with Crippen molar-refractivity contribution < 1.29 is 4.74 Å². The molecule has 3 nitrogen and oxygen atoms in total. The number of para-hydroxylation sites is 2. The Hall–Kier alpha value is -3.66. The van der Waals surface area contributed by atoms with Crippen LogP contribution >= 0.6 is 0 Å². The predicted molar refractivity (Wildman–Crippen MR) is 127 cm³/mol. The molecule has 0 atom stereocenters. The first-order valence-electron chi connectivity index (χ1n) is 10.7. The molecule has 0 aliphatic carbocycles. The summed E-state index contributed by atoms with van der Waals surface area (Å²) < 4.78 is 6.43. The third kappa shape index (κ3) is 2.14. The van der Waals surface area contributed by atoms with E-state index in [2.05, 4.69) is 74.5 Å². The van der Waals surface area contributed by atoms with Gasteiger partial charge in [0.1, 0.15) is 0 Å². The zero-order chi connectivity index (χ0) is 20.7. The molecule has 0 bridgehead atoms. The summed E-state index contributed by atoms with van der Waals surface area (Å²) in [6.07, 6.45) is 0. The van der Waals surface area contributed by atoms with E-state index in [0.717, 1.165) is 21.9 Å². The van der Waals surface area contributed by atoms with Crippen LogP contribution in [0.1, 0.15) is 25.0 Å². The summed E-state index contributed by atoms with van der Waals surface area (Å²) in [6.45, 7) is 4.70. The first-order chi connectivity index (χ1) is 15.1. The molecule has 0 amide bonds. The van der Waals surface area contributed by atoms with Gasteiger partial charge in [0.15, 0.2) is 0 Å². The lowest BCUT2D eigenvalue weighted by molar-refractivity contribution is 0.451. The van der Waals surface area contributed by atoms with Gasteiger partial charge < -0.3 is 4.74 Å². The molecule has 0 fully saturated rings. The average Bonchev–Trinajstić information content (AvgIpc) is 2.79. The van der Waals surface area contributed by atoms with E-state index in [1.54, 1.807) is 0 Å². The van der Waals surface area contributed by atoms with Crippen LogP contribution in [0.5, 0.6) is 11.8 Å². The summed E-state index contributed by atoms with van der Waals surface area (Å²) in [5.41, 5.74) is 8.04. The van der Waals surface area contributed by atoms with Crippen LogP contribution in [0, 0.1) is 0 Å². The summed E-state index contributed by atoms with van der Waals surface area (Å²) in [7, 11) is 0. The van der Waals surface area contributed by atoms with Crippen LogP contribution < -0.4 is 21.1 Å². The van der Waals surface area contributed by atoms with Crippen molar-refractivity contribution in [1.29, 1.82) is 0 Å². The topological polar surface area (TPSA) is 35.0 Å². The van der Waals surface area contributed by atoms with Crippen LogP contribution in [-0.2, 0) is 5.41 Å². The number of aromatic nitrogens is 2. The maximum atomic E-state index is 6.43. The van der Waals surface area contributed by atoms with Gasteiger partial charge >= 0.3 is 0 Å². The van der Waals surface area contributed by atoms with E-state index >= 15 is 0 Å². The number of hydrogen-bond donors (Lipinski definition) is 0.